The third-order valence-corrected chi connectivity index (χ3v) is 4.20. The van der Waals surface area contributed by atoms with Crippen LogP contribution in [0.25, 0.3) is 0 Å². The van der Waals surface area contributed by atoms with Gasteiger partial charge in [0, 0.05) is 30.7 Å². The number of halogens is 1. The van der Waals surface area contributed by atoms with E-state index in [-0.39, 0.29) is 0 Å². The molecule has 5 heteroatoms. The van der Waals surface area contributed by atoms with E-state index in [9.17, 15) is 9.90 Å². The average molecular weight is 297 g/mol. The summed E-state index contributed by atoms with van der Waals surface area (Å²) >= 11 is 5.99. The molecule has 1 fully saturated rings. The summed E-state index contributed by atoms with van der Waals surface area (Å²) in [5.41, 5.74) is 0.752. The summed E-state index contributed by atoms with van der Waals surface area (Å²) in [4.78, 5) is 16.1. The number of nitrogens with zero attached hydrogens (tertiary/aromatic N) is 2. The molecule has 0 bridgehead atoms. The third-order valence-electron chi connectivity index (χ3n) is 3.97. The highest BCUT2D eigenvalue weighted by Crippen LogP contribution is 2.26. The number of piperazine rings is 1. The zero-order valence-corrected chi connectivity index (χ0v) is 12.7. The fraction of sp³-hybridized carbons (Fsp3) is 0.533. The van der Waals surface area contributed by atoms with Crippen LogP contribution >= 0.6 is 11.6 Å². The Morgan fingerprint density at radius 2 is 2.25 bits per heavy atom. The van der Waals surface area contributed by atoms with Crippen LogP contribution in [0.3, 0.4) is 0 Å². The first-order valence-electron chi connectivity index (χ1n) is 6.99. The zero-order valence-electron chi connectivity index (χ0n) is 11.9. The number of benzene rings is 1. The summed E-state index contributed by atoms with van der Waals surface area (Å²) < 4.78 is 0. The van der Waals surface area contributed by atoms with Crippen LogP contribution in [-0.4, -0.2) is 53.1 Å². The standard InChI is InChI=1S/C15H21ClN2O2/c1-3-17-7-8-18(10-11(17)2)14(15(19)20)12-5-4-6-13(16)9-12/h4-6,9,11,14H,3,7-8,10H2,1-2H3,(H,19,20). The molecular formula is C15H21ClN2O2. The van der Waals surface area contributed by atoms with Crippen molar-refractivity contribution in [3.05, 3.63) is 34.9 Å². The minimum Gasteiger partial charge on any atom is -0.480 e. The fourth-order valence-corrected chi connectivity index (χ4v) is 3.11. The molecule has 0 aromatic heterocycles. The SMILES string of the molecule is CCN1CCN(C(C(=O)O)c2cccc(Cl)c2)CC1C. The normalized spacial score (nSPS) is 22.6. The molecule has 1 N–H and O–H groups in total. The number of aliphatic carboxylic acids is 1. The molecule has 0 spiro atoms. The number of hydrogen-bond acceptors (Lipinski definition) is 3. The van der Waals surface area contributed by atoms with Crippen LogP contribution < -0.4 is 0 Å². The van der Waals surface area contributed by atoms with Crippen molar-refractivity contribution in [3.8, 4) is 0 Å². The monoisotopic (exact) mass is 296 g/mol. The van der Waals surface area contributed by atoms with Crippen molar-refractivity contribution in [3.63, 3.8) is 0 Å². The summed E-state index contributed by atoms with van der Waals surface area (Å²) in [6.07, 6.45) is 0. The van der Waals surface area contributed by atoms with E-state index < -0.39 is 12.0 Å². The van der Waals surface area contributed by atoms with Gasteiger partial charge in [0.1, 0.15) is 6.04 Å². The molecule has 20 heavy (non-hydrogen) atoms. The third kappa shape index (κ3) is 3.32. The Morgan fingerprint density at radius 1 is 1.50 bits per heavy atom. The largest absolute Gasteiger partial charge is 0.480 e. The molecule has 1 aliphatic heterocycles. The van der Waals surface area contributed by atoms with Crippen LogP contribution in [0.2, 0.25) is 5.02 Å². The lowest BCUT2D eigenvalue weighted by Gasteiger charge is -2.41. The Hall–Kier alpha value is -1.10. The van der Waals surface area contributed by atoms with Gasteiger partial charge in [-0.15, -0.1) is 0 Å². The van der Waals surface area contributed by atoms with Crippen molar-refractivity contribution >= 4 is 17.6 Å². The fourth-order valence-electron chi connectivity index (χ4n) is 2.91. The van der Waals surface area contributed by atoms with Crippen LogP contribution in [0.5, 0.6) is 0 Å². The number of rotatable bonds is 4. The van der Waals surface area contributed by atoms with Gasteiger partial charge < -0.3 is 5.11 Å². The topological polar surface area (TPSA) is 43.8 Å². The Bertz CT molecular complexity index is 481. The van der Waals surface area contributed by atoms with Gasteiger partial charge in [-0.05, 0) is 31.2 Å². The van der Waals surface area contributed by atoms with Gasteiger partial charge in [-0.1, -0.05) is 30.7 Å². The van der Waals surface area contributed by atoms with Crippen molar-refractivity contribution in [1.82, 2.24) is 9.80 Å². The van der Waals surface area contributed by atoms with E-state index in [1.807, 2.05) is 11.0 Å². The molecule has 2 unspecified atom stereocenters. The van der Waals surface area contributed by atoms with Gasteiger partial charge in [0.15, 0.2) is 0 Å². The number of likely N-dealkylation sites (N-methyl/N-ethyl adjacent to an activating group) is 1. The first-order valence-corrected chi connectivity index (χ1v) is 7.37. The average Bonchev–Trinajstić information content (AvgIpc) is 2.39. The predicted octanol–water partition coefficient (Wildman–Crippen LogP) is 2.49. The highest BCUT2D eigenvalue weighted by molar-refractivity contribution is 6.30. The molecule has 1 aromatic rings. The zero-order chi connectivity index (χ0) is 14.7. The van der Waals surface area contributed by atoms with Crippen molar-refractivity contribution in [2.45, 2.75) is 25.9 Å². The van der Waals surface area contributed by atoms with E-state index in [2.05, 4.69) is 18.7 Å². The van der Waals surface area contributed by atoms with E-state index in [0.29, 0.717) is 11.1 Å². The second-order valence-electron chi connectivity index (χ2n) is 5.27. The van der Waals surface area contributed by atoms with E-state index in [1.165, 1.54) is 0 Å². The number of carbonyl (C=O) groups is 1. The lowest BCUT2D eigenvalue weighted by atomic mass is 10.0. The molecule has 110 valence electrons. The second kappa shape index (κ2) is 6.57. The van der Waals surface area contributed by atoms with E-state index >= 15 is 0 Å². The Balaban J connectivity index is 2.20. The van der Waals surface area contributed by atoms with Crippen molar-refractivity contribution in [2.75, 3.05) is 26.2 Å². The summed E-state index contributed by atoms with van der Waals surface area (Å²) in [6.45, 7) is 7.72. The lowest BCUT2D eigenvalue weighted by Crippen LogP contribution is -2.53. The van der Waals surface area contributed by atoms with Crippen LogP contribution in [0.15, 0.2) is 24.3 Å². The van der Waals surface area contributed by atoms with Crippen LogP contribution in [-0.2, 0) is 4.79 Å². The van der Waals surface area contributed by atoms with Gasteiger partial charge in [0.2, 0.25) is 0 Å². The molecule has 4 nitrogen and oxygen atoms in total. The maximum Gasteiger partial charge on any atom is 0.325 e. The van der Waals surface area contributed by atoms with Gasteiger partial charge in [-0.3, -0.25) is 14.6 Å². The van der Waals surface area contributed by atoms with Crippen molar-refractivity contribution < 1.29 is 9.90 Å². The Labute approximate surface area is 124 Å². The maximum atomic E-state index is 11.7. The molecule has 1 saturated heterocycles. The first-order chi connectivity index (χ1) is 9.52. The predicted molar refractivity (Wildman–Crippen MR) is 80.1 cm³/mol. The first kappa shape index (κ1) is 15.3. The molecule has 0 saturated carbocycles. The quantitative estimate of drug-likeness (QED) is 0.927. The molecule has 0 radical (unpaired) electrons. The van der Waals surface area contributed by atoms with Crippen LogP contribution in [0.4, 0.5) is 0 Å². The smallest absolute Gasteiger partial charge is 0.325 e. The van der Waals surface area contributed by atoms with Crippen molar-refractivity contribution in [2.24, 2.45) is 0 Å². The molecule has 0 amide bonds. The van der Waals surface area contributed by atoms with Crippen molar-refractivity contribution in [1.29, 1.82) is 0 Å². The number of carboxylic acid groups (broad SMARTS) is 1. The van der Waals surface area contributed by atoms with Gasteiger partial charge in [-0.2, -0.15) is 0 Å². The Morgan fingerprint density at radius 3 is 2.80 bits per heavy atom. The van der Waals surface area contributed by atoms with Gasteiger partial charge in [-0.25, -0.2) is 0 Å². The van der Waals surface area contributed by atoms with E-state index in [4.69, 9.17) is 11.6 Å². The van der Waals surface area contributed by atoms with Gasteiger partial charge in [0.05, 0.1) is 0 Å². The summed E-state index contributed by atoms with van der Waals surface area (Å²) in [7, 11) is 0. The highest BCUT2D eigenvalue weighted by Gasteiger charge is 2.32. The minimum atomic E-state index is -0.815. The summed E-state index contributed by atoms with van der Waals surface area (Å²) in [6, 6.07) is 6.91. The van der Waals surface area contributed by atoms with Crippen LogP contribution in [0.1, 0.15) is 25.5 Å². The highest BCUT2D eigenvalue weighted by atomic mass is 35.5. The summed E-state index contributed by atoms with van der Waals surface area (Å²) in [5, 5.41) is 10.2. The lowest BCUT2D eigenvalue weighted by molar-refractivity contribution is -0.144. The molecular weight excluding hydrogens is 276 g/mol. The minimum absolute atomic E-state index is 0.370. The van der Waals surface area contributed by atoms with E-state index in [1.54, 1.807) is 18.2 Å². The van der Waals surface area contributed by atoms with Crippen LogP contribution in [0, 0.1) is 0 Å². The second-order valence-corrected chi connectivity index (χ2v) is 5.70. The molecule has 1 aromatic carbocycles. The molecule has 2 atom stereocenters. The summed E-state index contributed by atoms with van der Waals surface area (Å²) in [5.74, 6) is -0.815. The molecule has 2 rings (SSSR count). The number of carboxylic acids is 1. The van der Waals surface area contributed by atoms with E-state index in [0.717, 1.165) is 31.7 Å². The van der Waals surface area contributed by atoms with Gasteiger partial charge in [0.25, 0.3) is 0 Å². The maximum absolute atomic E-state index is 11.7. The molecule has 0 aliphatic carbocycles. The Kier molecular flexibility index (Phi) is 5.02. The van der Waals surface area contributed by atoms with Gasteiger partial charge >= 0.3 is 5.97 Å². The molecule has 1 aliphatic rings. The molecule has 1 heterocycles. The number of hydrogen-bond donors (Lipinski definition) is 1.